The fraction of sp³-hybridized carbons (Fsp3) is 0.231. The standard InChI is InChI=1S/C13H14F2N2S/c1-17(8-10-3-2-6-18-10)11-5-4-9(7-16)12(14)13(11)15/h2-6H,7-8,16H2,1H3. The molecule has 2 nitrogen and oxygen atoms in total. The summed E-state index contributed by atoms with van der Waals surface area (Å²) >= 11 is 1.59. The maximum Gasteiger partial charge on any atom is 0.182 e. The van der Waals surface area contributed by atoms with Gasteiger partial charge < -0.3 is 10.6 Å². The molecule has 0 saturated heterocycles. The number of hydrogen-bond acceptors (Lipinski definition) is 3. The predicted octanol–water partition coefficient (Wildman–Crippen LogP) is 3.12. The number of nitrogens with two attached hydrogens (primary N) is 1. The maximum atomic E-state index is 13.9. The molecule has 0 amide bonds. The molecule has 0 atom stereocenters. The molecule has 2 rings (SSSR count). The van der Waals surface area contributed by atoms with E-state index in [4.69, 9.17) is 5.73 Å². The van der Waals surface area contributed by atoms with Gasteiger partial charge >= 0.3 is 0 Å². The molecule has 0 aliphatic carbocycles. The Hall–Kier alpha value is -1.46. The lowest BCUT2D eigenvalue weighted by molar-refractivity contribution is 0.498. The van der Waals surface area contributed by atoms with E-state index in [-0.39, 0.29) is 17.8 Å². The summed E-state index contributed by atoms with van der Waals surface area (Å²) in [5, 5.41) is 1.96. The highest BCUT2D eigenvalue weighted by atomic mass is 32.1. The fourth-order valence-electron chi connectivity index (χ4n) is 1.75. The normalized spacial score (nSPS) is 10.7. The van der Waals surface area contributed by atoms with Gasteiger partial charge in [0, 0.05) is 24.0 Å². The highest BCUT2D eigenvalue weighted by Crippen LogP contribution is 2.25. The lowest BCUT2D eigenvalue weighted by atomic mass is 10.1. The molecule has 0 saturated carbocycles. The molecule has 1 aromatic carbocycles. The van der Waals surface area contributed by atoms with Gasteiger partial charge in [0.1, 0.15) is 0 Å². The molecule has 0 spiro atoms. The zero-order valence-corrected chi connectivity index (χ0v) is 10.8. The second kappa shape index (κ2) is 5.46. The van der Waals surface area contributed by atoms with Gasteiger partial charge in [0.2, 0.25) is 0 Å². The quantitative estimate of drug-likeness (QED) is 0.923. The summed E-state index contributed by atoms with van der Waals surface area (Å²) in [5.41, 5.74) is 5.78. The third kappa shape index (κ3) is 2.52. The first-order chi connectivity index (χ1) is 8.63. The van der Waals surface area contributed by atoms with Crippen LogP contribution in [0.1, 0.15) is 10.4 Å². The smallest absolute Gasteiger partial charge is 0.182 e. The van der Waals surface area contributed by atoms with Crippen LogP contribution < -0.4 is 10.6 Å². The van der Waals surface area contributed by atoms with Gasteiger partial charge in [0.15, 0.2) is 11.6 Å². The molecule has 0 fully saturated rings. The Labute approximate surface area is 109 Å². The van der Waals surface area contributed by atoms with Gasteiger partial charge in [-0.2, -0.15) is 0 Å². The molecule has 0 unspecified atom stereocenters. The molecular formula is C13H14F2N2S. The molecule has 0 bridgehead atoms. The Kier molecular flexibility index (Phi) is 3.93. The minimum Gasteiger partial charge on any atom is -0.367 e. The molecule has 18 heavy (non-hydrogen) atoms. The van der Waals surface area contributed by atoms with E-state index in [9.17, 15) is 8.78 Å². The first-order valence-corrected chi connectivity index (χ1v) is 6.42. The summed E-state index contributed by atoms with van der Waals surface area (Å²) in [4.78, 5) is 2.78. The van der Waals surface area contributed by atoms with E-state index in [2.05, 4.69) is 0 Å². The van der Waals surface area contributed by atoms with Crippen LogP contribution in [0.5, 0.6) is 0 Å². The molecule has 1 aromatic heterocycles. The number of anilines is 1. The van der Waals surface area contributed by atoms with E-state index in [1.807, 2.05) is 17.5 Å². The van der Waals surface area contributed by atoms with Gasteiger partial charge in [0.05, 0.1) is 12.2 Å². The number of benzene rings is 1. The Morgan fingerprint density at radius 2 is 2.00 bits per heavy atom. The van der Waals surface area contributed by atoms with E-state index >= 15 is 0 Å². The lowest BCUT2D eigenvalue weighted by Crippen LogP contribution is -2.18. The number of thiophene rings is 1. The van der Waals surface area contributed by atoms with Crippen molar-refractivity contribution in [1.29, 1.82) is 0 Å². The van der Waals surface area contributed by atoms with Crippen LogP contribution in [0.25, 0.3) is 0 Å². The molecule has 0 aliphatic heterocycles. The van der Waals surface area contributed by atoms with Crippen molar-refractivity contribution in [3.63, 3.8) is 0 Å². The molecule has 0 radical (unpaired) electrons. The van der Waals surface area contributed by atoms with Crippen molar-refractivity contribution in [3.05, 3.63) is 51.7 Å². The first kappa shape index (κ1) is 13.0. The van der Waals surface area contributed by atoms with Crippen LogP contribution in [0.4, 0.5) is 14.5 Å². The van der Waals surface area contributed by atoms with Crippen molar-refractivity contribution in [3.8, 4) is 0 Å². The van der Waals surface area contributed by atoms with Crippen LogP contribution in [0.3, 0.4) is 0 Å². The summed E-state index contributed by atoms with van der Waals surface area (Å²) in [6, 6.07) is 6.98. The third-order valence-corrected chi connectivity index (χ3v) is 3.61. The first-order valence-electron chi connectivity index (χ1n) is 5.54. The number of halogens is 2. The van der Waals surface area contributed by atoms with Crippen LogP contribution in [0, 0.1) is 11.6 Å². The minimum atomic E-state index is -0.854. The largest absolute Gasteiger partial charge is 0.367 e. The van der Waals surface area contributed by atoms with Gasteiger partial charge in [-0.25, -0.2) is 8.78 Å². The summed E-state index contributed by atoms with van der Waals surface area (Å²) < 4.78 is 27.5. The number of nitrogens with zero attached hydrogens (tertiary/aromatic N) is 1. The summed E-state index contributed by atoms with van der Waals surface area (Å²) in [6.07, 6.45) is 0. The van der Waals surface area contributed by atoms with Crippen LogP contribution in [0.2, 0.25) is 0 Å². The maximum absolute atomic E-state index is 13.9. The van der Waals surface area contributed by atoms with E-state index < -0.39 is 11.6 Å². The van der Waals surface area contributed by atoms with E-state index in [0.717, 1.165) is 4.88 Å². The van der Waals surface area contributed by atoms with Crippen LogP contribution >= 0.6 is 11.3 Å². The molecule has 2 N–H and O–H groups in total. The Balaban J connectivity index is 2.25. The van der Waals surface area contributed by atoms with Crippen molar-refractivity contribution in [1.82, 2.24) is 0 Å². The van der Waals surface area contributed by atoms with Crippen molar-refractivity contribution in [2.24, 2.45) is 5.73 Å². The summed E-state index contributed by atoms with van der Waals surface area (Å²) in [7, 11) is 1.74. The number of rotatable bonds is 4. The van der Waals surface area contributed by atoms with Crippen LogP contribution in [0.15, 0.2) is 29.6 Å². The fourth-order valence-corrected chi connectivity index (χ4v) is 2.51. The van der Waals surface area contributed by atoms with E-state index in [1.54, 1.807) is 29.4 Å². The number of hydrogen-bond donors (Lipinski definition) is 1. The van der Waals surface area contributed by atoms with Crippen molar-refractivity contribution in [2.75, 3.05) is 11.9 Å². The second-order valence-electron chi connectivity index (χ2n) is 4.01. The topological polar surface area (TPSA) is 29.3 Å². The highest BCUT2D eigenvalue weighted by molar-refractivity contribution is 7.09. The summed E-state index contributed by atoms with van der Waals surface area (Å²) in [6.45, 7) is 0.549. The highest BCUT2D eigenvalue weighted by Gasteiger charge is 2.15. The second-order valence-corrected chi connectivity index (χ2v) is 5.04. The van der Waals surface area contributed by atoms with Crippen molar-refractivity contribution in [2.45, 2.75) is 13.1 Å². The van der Waals surface area contributed by atoms with Crippen LogP contribution in [-0.4, -0.2) is 7.05 Å². The minimum absolute atomic E-state index is 0.00231. The Morgan fingerprint density at radius 3 is 2.61 bits per heavy atom. The van der Waals surface area contributed by atoms with Gasteiger partial charge in [-0.15, -0.1) is 11.3 Å². The van der Waals surface area contributed by atoms with Gasteiger partial charge in [-0.3, -0.25) is 0 Å². The molecule has 5 heteroatoms. The van der Waals surface area contributed by atoms with Crippen molar-refractivity contribution >= 4 is 17.0 Å². The molecule has 2 aromatic rings. The lowest BCUT2D eigenvalue weighted by Gasteiger charge is -2.20. The van der Waals surface area contributed by atoms with Gasteiger partial charge in [-0.05, 0) is 17.5 Å². The summed E-state index contributed by atoms with van der Waals surface area (Å²) in [5.74, 6) is -1.69. The molecule has 1 heterocycles. The van der Waals surface area contributed by atoms with Crippen molar-refractivity contribution < 1.29 is 8.78 Å². The third-order valence-electron chi connectivity index (χ3n) is 2.75. The van der Waals surface area contributed by atoms with Gasteiger partial charge in [0.25, 0.3) is 0 Å². The monoisotopic (exact) mass is 268 g/mol. The molecule has 0 aliphatic rings. The predicted molar refractivity (Wildman–Crippen MR) is 70.7 cm³/mol. The Bertz CT molecular complexity index is 526. The van der Waals surface area contributed by atoms with Gasteiger partial charge in [-0.1, -0.05) is 12.1 Å². The average molecular weight is 268 g/mol. The van der Waals surface area contributed by atoms with E-state index in [1.165, 1.54) is 6.07 Å². The Morgan fingerprint density at radius 1 is 1.22 bits per heavy atom. The average Bonchev–Trinajstić information content (AvgIpc) is 2.85. The zero-order chi connectivity index (χ0) is 13.1. The molecular weight excluding hydrogens is 254 g/mol. The van der Waals surface area contributed by atoms with Crippen LogP contribution in [-0.2, 0) is 13.1 Å². The van der Waals surface area contributed by atoms with E-state index in [0.29, 0.717) is 6.54 Å². The zero-order valence-electron chi connectivity index (χ0n) is 9.99. The molecule has 96 valence electrons. The SMILES string of the molecule is CN(Cc1cccs1)c1ccc(CN)c(F)c1F.